The van der Waals surface area contributed by atoms with Gasteiger partial charge in [0.05, 0.1) is 12.9 Å². The zero-order valence-corrected chi connectivity index (χ0v) is 12.8. The van der Waals surface area contributed by atoms with Gasteiger partial charge in [-0.3, -0.25) is 4.79 Å². The molecule has 0 aliphatic rings. The highest BCUT2D eigenvalue weighted by Crippen LogP contribution is 1.88. The SMILES string of the molecule is C=CC(=C)C.C=CC(=O)OCCCC.C=COC(C)=O. The molecular formula is C16H26O4. The van der Waals surface area contributed by atoms with E-state index in [1.807, 2.05) is 13.8 Å². The number of allylic oxidation sites excluding steroid dienone is 2. The van der Waals surface area contributed by atoms with Gasteiger partial charge in [-0.05, 0) is 13.3 Å². The third-order valence-corrected chi connectivity index (χ3v) is 1.51. The molecule has 0 aliphatic carbocycles. The highest BCUT2D eigenvalue weighted by molar-refractivity contribution is 5.81. The summed E-state index contributed by atoms with van der Waals surface area (Å²) in [5.41, 5.74) is 1.02. The molecule has 0 fully saturated rings. The standard InChI is InChI=1S/C7H12O2.C5H8.C4H6O2/c1-3-5-6-9-7(8)4-2;1-4-5(2)3;1-3-6-4(2)5/h4H,2-3,5-6H2,1H3;4H,1-2H2,3H3;3H,1H2,2H3. The Morgan fingerprint density at radius 3 is 1.80 bits per heavy atom. The van der Waals surface area contributed by atoms with Gasteiger partial charge in [-0.2, -0.15) is 0 Å². The van der Waals surface area contributed by atoms with E-state index in [2.05, 4.69) is 35.8 Å². The van der Waals surface area contributed by atoms with Crippen LogP contribution in [0.25, 0.3) is 0 Å². The molecule has 0 aromatic rings. The Morgan fingerprint density at radius 2 is 1.60 bits per heavy atom. The highest BCUT2D eigenvalue weighted by Gasteiger charge is 1.91. The van der Waals surface area contributed by atoms with Crippen molar-refractivity contribution in [3.63, 3.8) is 0 Å². The highest BCUT2D eigenvalue weighted by atomic mass is 16.5. The number of esters is 2. The van der Waals surface area contributed by atoms with E-state index in [1.54, 1.807) is 6.08 Å². The third-order valence-electron chi connectivity index (χ3n) is 1.51. The minimum Gasteiger partial charge on any atom is -0.463 e. The Hall–Kier alpha value is -2.10. The molecular weight excluding hydrogens is 256 g/mol. The summed E-state index contributed by atoms with van der Waals surface area (Å²) in [6, 6.07) is 0. The molecule has 4 heteroatoms. The second-order valence-electron chi connectivity index (χ2n) is 3.55. The van der Waals surface area contributed by atoms with Gasteiger partial charge in [0.25, 0.3) is 0 Å². The third kappa shape index (κ3) is 36.0. The molecule has 0 saturated carbocycles. The van der Waals surface area contributed by atoms with Crippen LogP contribution in [0.4, 0.5) is 0 Å². The number of hydrogen-bond acceptors (Lipinski definition) is 4. The summed E-state index contributed by atoms with van der Waals surface area (Å²) in [5, 5.41) is 0. The lowest BCUT2D eigenvalue weighted by atomic mass is 10.4. The molecule has 0 amide bonds. The van der Waals surface area contributed by atoms with Crippen LogP contribution < -0.4 is 0 Å². The van der Waals surface area contributed by atoms with Crippen molar-refractivity contribution in [3.8, 4) is 0 Å². The van der Waals surface area contributed by atoms with E-state index in [0.717, 1.165) is 24.7 Å². The van der Waals surface area contributed by atoms with Crippen LogP contribution in [0.1, 0.15) is 33.6 Å². The van der Waals surface area contributed by atoms with E-state index in [0.29, 0.717) is 6.61 Å². The molecule has 0 aromatic heterocycles. The summed E-state index contributed by atoms with van der Waals surface area (Å²) in [5.74, 6) is -0.659. The average molecular weight is 282 g/mol. The van der Waals surface area contributed by atoms with Crippen LogP contribution in [0, 0.1) is 0 Å². The first-order valence-electron chi connectivity index (χ1n) is 6.20. The lowest BCUT2D eigenvalue weighted by molar-refractivity contribution is -0.138. The van der Waals surface area contributed by atoms with E-state index in [-0.39, 0.29) is 11.9 Å². The van der Waals surface area contributed by atoms with Crippen molar-refractivity contribution in [2.45, 2.75) is 33.6 Å². The molecule has 4 nitrogen and oxygen atoms in total. The van der Waals surface area contributed by atoms with Gasteiger partial charge in [0.2, 0.25) is 0 Å². The van der Waals surface area contributed by atoms with E-state index in [1.165, 1.54) is 13.0 Å². The molecule has 0 atom stereocenters. The van der Waals surface area contributed by atoms with E-state index in [9.17, 15) is 9.59 Å². The number of unbranched alkanes of at least 4 members (excludes halogenated alkanes) is 1. The fraction of sp³-hybridized carbons (Fsp3) is 0.375. The largest absolute Gasteiger partial charge is 0.463 e. The van der Waals surface area contributed by atoms with E-state index >= 15 is 0 Å². The molecule has 20 heavy (non-hydrogen) atoms. The first-order valence-corrected chi connectivity index (χ1v) is 6.20. The van der Waals surface area contributed by atoms with Gasteiger partial charge >= 0.3 is 11.9 Å². The first-order chi connectivity index (χ1) is 9.35. The summed E-state index contributed by atoms with van der Waals surface area (Å²) in [4.78, 5) is 20.1. The Bertz CT molecular complexity index is 316. The van der Waals surface area contributed by atoms with Gasteiger partial charge < -0.3 is 9.47 Å². The van der Waals surface area contributed by atoms with Crippen LogP contribution in [-0.4, -0.2) is 18.5 Å². The molecule has 0 unspecified atom stereocenters. The van der Waals surface area contributed by atoms with Crippen molar-refractivity contribution in [2.75, 3.05) is 6.61 Å². The van der Waals surface area contributed by atoms with Crippen molar-refractivity contribution in [3.05, 3.63) is 50.3 Å². The van der Waals surface area contributed by atoms with Crippen molar-refractivity contribution in [1.29, 1.82) is 0 Å². The minimum absolute atomic E-state index is 0.329. The van der Waals surface area contributed by atoms with Gasteiger partial charge in [0.15, 0.2) is 0 Å². The molecule has 0 bridgehead atoms. The van der Waals surface area contributed by atoms with Crippen molar-refractivity contribution in [2.24, 2.45) is 0 Å². The van der Waals surface area contributed by atoms with Crippen molar-refractivity contribution >= 4 is 11.9 Å². The minimum atomic E-state index is -0.330. The smallest absolute Gasteiger partial charge is 0.330 e. The average Bonchev–Trinajstić information content (AvgIpc) is 2.40. The van der Waals surface area contributed by atoms with Gasteiger partial charge in [0.1, 0.15) is 0 Å². The number of rotatable bonds is 6. The fourth-order valence-corrected chi connectivity index (χ4v) is 0.493. The molecule has 0 saturated heterocycles. The predicted molar refractivity (Wildman–Crippen MR) is 83.0 cm³/mol. The first kappa shape index (κ1) is 23.0. The molecule has 0 rings (SSSR count). The number of carbonyl (C=O) groups is 2. The summed E-state index contributed by atoms with van der Waals surface area (Å²) >= 11 is 0. The quantitative estimate of drug-likeness (QED) is 0.243. The van der Waals surface area contributed by atoms with Crippen LogP contribution in [0.15, 0.2) is 50.3 Å². The second kappa shape index (κ2) is 19.2. The Balaban J connectivity index is -0.000000230. The second-order valence-corrected chi connectivity index (χ2v) is 3.55. The van der Waals surface area contributed by atoms with Gasteiger partial charge in [-0.25, -0.2) is 4.79 Å². The van der Waals surface area contributed by atoms with Gasteiger partial charge in [0, 0.05) is 13.0 Å². The summed E-state index contributed by atoms with van der Waals surface area (Å²) in [6.45, 7) is 19.2. The summed E-state index contributed by atoms with van der Waals surface area (Å²) in [6.07, 6.45) is 5.97. The molecule has 0 radical (unpaired) electrons. The number of hydrogen-bond donors (Lipinski definition) is 0. The van der Waals surface area contributed by atoms with Crippen LogP contribution in [0.5, 0.6) is 0 Å². The molecule has 0 spiro atoms. The molecule has 0 heterocycles. The Labute approximate surface area is 122 Å². The normalized spacial score (nSPS) is 7.55. The predicted octanol–water partition coefficient (Wildman–Crippen LogP) is 3.96. The van der Waals surface area contributed by atoms with Crippen molar-refractivity contribution < 1.29 is 19.1 Å². The Morgan fingerprint density at radius 1 is 1.10 bits per heavy atom. The Kier molecular flexibility index (Phi) is 22.2. The zero-order valence-electron chi connectivity index (χ0n) is 12.8. The lowest BCUT2D eigenvalue weighted by Crippen LogP contribution is -2.00. The van der Waals surface area contributed by atoms with E-state index < -0.39 is 0 Å². The maximum absolute atomic E-state index is 10.3. The maximum atomic E-state index is 10.3. The van der Waals surface area contributed by atoms with Gasteiger partial charge in [-0.15, -0.1) is 0 Å². The monoisotopic (exact) mass is 282 g/mol. The summed E-state index contributed by atoms with van der Waals surface area (Å²) < 4.78 is 8.84. The topological polar surface area (TPSA) is 52.6 Å². The lowest BCUT2D eigenvalue weighted by Gasteiger charge is -1.97. The fourth-order valence-electron chi connectivity index (χ4n) is 0.493. The van der Waals surface area contributed by atoms with E-state index in [4.69, 9.17) is 0 Å². The molecule has 0 aliphatic heterocycles. The van der Waals surface area contributed by atoms with Crippen LogP contribution >= 0.6 is 0 Å². The molecule has 0 N–H and O–H groups in total. The van der Waals surface area contributed by atoms with Gasteiger partial charge in [-0.1, -0.05) is 51.3 Å². The zero-order chi connectivity index (χ0) is 16.4. The summed E-state index contributed by atoms with van der Waals surface area (Å²) in [7, 11) is 0. The number of carbonyl (C=O) groups excluding carboxylic acids is 2. The van der Waals surface area contributed by atoms with Crippen LogP contribution in [-0.2, 0) is 19.1 Å². The maximum Gasteiger partial charge on any atom is 0.330 e. The molecule has 0 aromatic carbocycles. The van der Waals surface area contributed by atoms with Crippen LogP contribution in [0.2, 0.25) is 0 Å². The van der Waals surface area contributed by atoms with Crippen molar-refractivity contribution in [1.82, 2.24) is 0 Å². The van der Waals surface area contributed by atoms with Crippen LogP contribution in [0.3, 0.4) is 0 Å². The number of ether oxygens (including phenoxy) is 2. The molecule has 114 valence electrons.